The first-order valence-corrected chi connectivity index (χ1v) is 7.31. The molecular weight excluding hydrogens is 318 g/mol. The Balaban J connectivity index is 2.78. The van der Waals surface area contributed by atoms with Gasteiger partial charge in [-0.3, -0.25) is 0 Å². The minimum absolute atomic E-state index is 0.329. The summed E-state index contributed by atoms with van der Waals surface area (Å²) in [5, 5.41) is 0. The largest absolute Gasteiger partial charge is 0.591 e. The van der Waals surface area contributed by atoms with E-state index in [1.807, 2.05) is 20.8 Å². The van der Waals surface area contributed by atoms with E-state index in [1.54, 1.807) is 12.3 Å². The van der Waals surface area contributed by atoms with Gasteiger partial charge in [0.2, 0.25) is 0 Å². The minimum atomic E-state index is -1.22. The average Bonchev–Trinajstić information content (AvgIpc) is 2.39. The summed E-state index contributed by atoms with van der Waals surface area (Å²) in [7, 11) is 0. The van der Waals surface area contributed by atoms with Gasteiger partial charge < -0.3 is 4.55 Å². The van der Waals surface area contributed by atoms with E-state index < -0.39 is 11.4 Å². The van der Waals surface area contributed by atoms with E-state index in [1.165, 1.54) is 11.3 Å². The lowest BCUT2D eigenvalue weighted by atomic mass is 10.3. The molecule has 0 bridgehead atoms. The first-order chi connectivity index (χ1) is 6.80. The maximum atomic E-state index is 11.6. The number of hydrogen-bond donors (Lipinski definition) is 0. The van der Waals surface area contributed by atoms with E-state index in [4.69, 9.17) is 11.6 Å². The molecule has 0 spiro atoms. The molecule has 0 radical (unpaired) electrons. The second-order valence-corrected chi connectivity index (χ2v) is 8.36. The van der Waals surface area contributed by atoms with E-state index in [0.717, 1.165) is 9.35 Å². The Morgan fingerprint density at radius 2 is 2.20 bits per heavy atom. The number of nitrogens with zero attached hydrogens (tertiary/aromatic N) is 1. The fourth-order valence-electron chi connectivity index (χ4n) is 0.696. The van der Waals surface area contributed by atoms with Gasteiger partial charge in [0.15, 0.2) is 0 Å². The van der Waals surface area contributed by atoms with Gasteiger partial charge in [-0.1, -0.05) is 16.0 Å². The van der Waals surface area contributed by atoms with E-state index in [0.29, 0.717) is 4.34 Å². The zero-order valence-corrected chi connectivity index (χ0v) is 12.6. The molecule has 1 aromatic heterocycles. The van der Waals surface area contributed by atoms with Crippen molar-refractivity contribution < 1.29 is 4.55 Å². The second kappa shape index (κ2) is 5.19. The van der Waals surface area contributed by atoms with Gasteiger partial charge in [0.1, 0.15) is 16.1 Å². The van der Waals surface area contributed by atoms with Crippen LogP contribution in [-0.4, -0.2) is 15.5 Å². The van der Waals surface area contributed by atoms with Crippen LogP contribution in [-0.2, 0) is 11.4 Å². The highest BCUT2D eigenvalue weighted by Crippen LogP contribution is 2.30. The van der Waals surface area contributed by atoms with E-state index in [-0.39, 0.29) is 4.75 Å². The van der Waals surface area contributed by atoms with Gasteiger partial charge in [-0.15, -0.1) is 11.3 Å². The molecule has 1 unspecified atom stereocenters. The summed E-state index contributed by atoms with van der Waals surface area (Å²) in [6, 6.07) is 1.80. The predicted octanol–water partition coefficient (Wildman–Crippen LogP) is 4.05. The highest BCUT2D eigenvalue weighted by atomic mass is 79.9. The average molecular weight is 329 g/mol. The van der Waals surface area contributed by atoms with Crippen LogP contribution < -0.4 is 0 Å². The smallest absolute Gasteiger partial charge is 0.144 e. The molecule has 15 heavy (non-hydrogen) atoms. The van der Waals surface area contributed by atoms with E-state index in [9.17, 15) is 4.55 Å². The van der Waals surface area contributed by atoms with Crippen molar-refractivity contribution in [2.75, 3.05) is 0 Å². The summed E-state index contributed by atoms with van der Waals surface area (Å²) in [6.45, 7) is 5.66. The molecule has 0 amide bonds. The van der Waals surface area contributed by atoms with Gasteiger partial charge in [0.25, 0.3) is 0 Å². The predicted molar refractivity (Wildman–Crippen MR) is 72.5 cm³/mol. The number of halogens is 2. The van der Waals surface area contributed by atoms with Crippen molar-refractivity contribution in [1.29, 1.82) is 0 Å². The molecule has 0 N–H and O–H groups in total. The maximum Gasteiger partial charge on any atom is 0.144 e. The fraction of sp³-hybridized carbons (Fsp3) is 0.444. The molecule has 84 valence electrons. The number of rotatable bonds is 2. The standard InChI is InChI=1S/C9H11BrClNOS2/c1-9(2,3)15(13)12-5-7-6(10)4-8(11)14-7/h4-5H,1-3H3. The lowest BCUT2D eigenvalue weighted by Crippen LogP contribution is -2.25. The third-order valence-electron chi connectivity index (χ3n) is 1.47. The van der Waals surface area contributed by atoms with Crippen LogP contribution in [0.25, 0.3) is 0 Å². The van der Waals surface area contributed by atoms with Gasteiger partial charge in [-0.05, 0) is 42.8 Å². The van der Waals surface area contributed by atoms with Crippen molar-refractivity contribution in [1.82, 2.24) is 0 Å². The first-order valence-electron chi connectivity index (χ1n) is 4.21. The summed E-state index contributed by atoms with van der Waals surface area (Å²) in [6.07, 6.45) is 1.60. The summed E-state index contributed by atoms with van der Waals surface area (Å²) in [5.74, 6) is 0. The van der Waals surface area contributed by atoms with Gasteiger partial charge in [0, 0.05) is 4.47 Å². The number of hydrogen-bond acceptors (Lipinski definition) is 3. The normalized spacial score (nSPS) is 14.8. The molecule has 0 fully saturated rings. The van der Waals surface area contributed by atoms with E-state index >= 15 is 0 Å². The zero-order chi connectivity index (χ0) is 11.6. The van der Waals surface area contributed by atoms with Gasteiger partial charge >= 0.3 is 0 Å². The Bertz CT molecular complexity index is 373. The summed E-state index contributed by atoms with van der Waals surface area (Å²) in [5.41, 5.74) is 0. The van der Waals surface area contributed by atoms with Crippen LogP contribution in [0.3, 0.4) is 0 Å². The molecule has 1 heterocycles. The highest BCUT2D eigenvalue weighted by Gasteiger charge is 2.25. The quantitative estimate of drug-likeness (QED) is 0.596. The summed E-state index contributed by atoms with van der Waals surface area (Å²) >= 11 is 9.35. The molecule has 2 nitrogen and oxygen atoms in total. The van der Waals surface area contributed by atoms with Crippen LogP contribution >= 0.6 is 38.9 Å². The van der Waals surface area contributed by atoms with E-state index in [2.05, 4.69) is 20.3 Å². The van der Waals surface area contributed by atoms with Crippen LogP contribution in [0.1, 0.15) is 25.6 Å². The van der Waals surface area contributed by atoms with Gasteiger partial charge in [-0.2, -0.15) is 0 Å². The van der Waals surface area contributed by atoms with Crippen LogP contribution in [0.5, 0.6) is 0 Å². The van der Waals surface area contributed by atoms with Crippen molar-refractivity contribution in [2.24, 2.45) is 4.40 Å². The molecule has 1 rings (SSSR count). The first kappa shape index (κ1) is 13.5. The Hall–Kier alpha value is 0.450. The minimum Gasteiger partial charge on any atom is -0.591 e. The Labute approximate surface area is 110 Å². The Kier molecular flexibility index (Phi) is 4.67. The lowest BCUT2D eigenvalue weighted by Gasteiger charge is -2.17. The molecule has 6 heteroatoms. The molecule has 1 atom stereocenters. The van der Waals surface area contributed by atoms with Crippen LogP contribution in [0.2, 0.25) is 4.34 Å². The Morgan fingerprint density at radius 1 is 1.60 bits per heavy atom. The lowest BCUT2D eigenvalue weighted by molar-refractivity contribution is 0.562. The molecule has 1 aromatic rings. The van der Waals surface area contributed by atoms with Crippen molar-refractivity contribution in [3.05, 3.63) is 19.8 Å². The van der Waals surface area contributed by atoms with Crippen molar-refractivity contribution in [3.8, 4) is 0 Å². The van der Waals surface area contributed by atoms with Crippen molar-refractivity contribution in [2.45, 2.75) is 25.5 Å². The third-order valence-corrected chi connectivity index (χ3v) is 4.93. The monoisotopic (exact) mass is 327 g/mol. The van der Waals surface area contributed by atoms with Gasteiger partial charge in [-0.25, -0.2) is 0 Å². The topological polar surface area (TPSA) is 35.4 Å². The molecule has 0 saturated heterocycles. The molecule has 0 aliphatic carbocycles. The summed E-state index contributed by atoms with van der Waals surface area (Å²) in [4.78, 5) is 0.887. The van der Waals surface area contributed by atoms with Gasteiger partial charge in [0.05, 0.1) is 15.4 Å². The highest BCUT2D eigenvalue weighted by molar-refractivity contribution is 9.10. The van der Waals surface area contributed by atoms with Crippen LogP contribution in [0.15, 0.2) is 14.9 Å². The SMILES string of the molecule is CC(C)(C)[S+]([O-])N=Cc1sc(Cl)cc1Br. The van der Waals surface area contributed by atoms with Crippen molar-refractivity contribution >= 4 is 56.4 Å². The zero-order valence-electron chi connectivity index (χ0n) is 8.58. The van der Waals surface area contributed by atoms with Crippen LogP contribution in [0.4, 0.5) is 0 Å². The molecule has 0 aromatic carbocycles. The van der Waals surface area contributed by atoms with Crippen molar-refractivity contribution in [3.63, 3.8) is 0 Å². The molecule has 0 aliphatic heterocycles. The third kappa shape index (κ3) is 4.07. The second-order valence-electron chi connectivity index (χ2n) is 3.86. The molecular formula is C9H11BrClNOS2. The summed E-state index contributed by atoms with van der Waals surface area (Å²) < 4.78 is 16.9. The molecule has 0 saturated carbocycles. The molecule has 0 aliphatic rings. The van der Waals surface area contributed by atoms with Crippen LogP contribution in [0, 0.1) is 0 Å². The fourth-order valence-corrected chi connectivity index (χ4v) is 3.14. The Morgan fingerprint density at radius 3 is 2.60 bits per heavy atom. The number of thiophene rings is 1. The maximum absolute atomic E-state index is 11.6.